The molecule has 0 aliphatic carbocycles. The highest BCUT2D eigenvalue weighted by atomic mass is 16.7. The molecule has 1 aliphatic heterocycles. The summed E-state index contributed by atoms with van der Waals surface area (Å²) in [5.74, 6) is 1.57. The molecule has 0 fully saturated rings. The van der Waals surface area contributed by atoms with Crippen LogP contribution in [0.5, 0.6) is 11.5 Å². The minimum absolute atomic E-state index is 0.290. The third-order valence-electron chi connectivity index (χ3n) is 3.06. The fourth-order valence-electron chi connectivity index (χ4n) is 2.05. The van der Waals surface area contributed by atoms with Crippen LogP contribution in [0.4, 0.5) is 0 Å². The average molecular weight is 272 g/mol. The first kappa shape index (κ1) is 12.9. The molecule has 0 atom stereocenters. The van der Waals surface area contributed by atoms with E-state index in [4.69, 9.17) is 19.9 Å². The molecule has 2 N–H and O–H groups in total. The van der Waals surface area contributed by atoms with Crippen molar-refractivity contribution < 1.29 is 14.2 Å². The minimum Gasteiger partial charge on any atom is -0.454 e. The van der Waals surface area contributed by atoms with Gasteiger partial charge in [-0.05, 0) is 35.4 Å². The van der Waals surface area contributed by atoms with Crippen molar-refractivity contribution in [2.24, 2.45) is 5.73 Å². The second-order valence-electron chi connectivity index (χ2n) is 4.54. The van der Waals surface area contributed by atoms with Crippen molar-refractivity contribution in [1.29, 1.82) is 0 Å². The Hall–Kier alpha value is -2.11. The normalized spacial score (nSPS) is 12.7. The molecule has 3 rings (SSSR count). The number of hydrogen-bond acceptors (Lipinski definition) is 5. The number of pyridine rings is 1. The standard InChI is InChI=1S/C15H16N2O3/c16-7-13-5-12(3-4-17-13)9-18-8-11-1-2-14-15(6-11)20-10-19-14/h1-6H,7-10,16H2. The lowest BCUT2D eigenvalue weighted by atomic mass is 10.2. The van der Waals surface area contributed by atoms with Gasteiger partial charge in [-0.25, -0.2) is 0 Å². The molecule has 0 unspecified atom stereocenters. The van der Waals surface area contributed by atoms with Crippen LogP contribution >= 0.6 is 0 Å². The number of nitrogens with zero attached hydrogens (tertiary/aromatic N) is 1. The second kappa shape index (κ2) is 5.90. The number of rotatable bonds is 5. The van der Waals surface area contributed by atoms with Gasteiger partial charge in [-0.3, -0.25) is 4.98 Å². The van der Waals surface area contributed by atoms with E-state index in [-0.39, 0.29) is 0 Å². The summed E-state index contributed by atoms with van der Waals surface area (Å²) < 4.78 is 16.3. The van der Waals surface area contributed by atoms with E-state index in [0.717, 1.165) is 28.3 Å². The van der Waals surface area contributed by atoms with Crippen LogP contribution in [0.15, 0.2) is 36.5 Å². The van der Waals surface area contributed by atoms with E-state index in [9.17, 15) is 0 Å². The van der Waals surface area contributed by atoms with Crippen LogP contribution in [0.2, 0.25) is 0 Å². The van der Waals surface area contributed by atoms with Crippen LogP contribution in [-0.4, -0.2) is 11.8 Å². The molecule has 2 heterocycles. The van der Waals surface area contributed by atoms with E-state index in [1.807, 2.05) is 30.3 Å². The number of ether oxygens (including phenoxy) is 3. The third kappa shape index (κ3) is 2.89. The summed E-state index contributed by atoms with van der Waals surface area (Å²) in [6, 6.07) is 9.71. The molecule has 0 bridgehead atoms. The van der Waals surface area contributed by atoms with Gasteiger partial charge in [0.05, 0.1) is 18.9 Å². The predicted molar refractivity (Wildman–Crippen MR) is 73.2 cm³/mol. The lowest BCUT2D eigenvalue weighted by Gasteiger charge is -2.06. The van der Waals surface area contributed by atoms with Crippen molar-refractivity contribution in [3.05, 3.63) is 53.3 Å². The van der Waals surface area contributed by atoms with E-state index in [0.29, 0.717) is 26.6 Å². The Balaban J connectivity index is 1.57. The highest BCUT2D eigenvalue weighted by Gasteiger charge is 2.12. The molecule has 0 saturated heterocycles. The van der Waals surface area contributed by atoms with Gasteiger partial charge in [-0.2, -0.15) is 0 Å². The van der Waals surface area contributed by atoms with Gasteiger partial charge >= 0.3 is 0 Å². The largest absolute Gasteiger partial charge is 0.454 e. The predicted octanol–water partition coefficient (Wildman–Crippen LogP) is 1.99. The molecule has 2 aromatic rings. The van der Waals surface area contributed by atoms with Gasteiger partial charge in [-0.15, -0.1) is 0 Å². The van der Waals surface area contributed by atoms with Crippen molar-refractivity contribution in [1.82, 2.24) is 4.98 Å². The van der Waals surface area contributed by atoms with Crippen molar-refractivity contribution in [3.8, 4) is 11.5 Å². The number of nitrogens with two attached hydrogens (primary N) is 1. The second-order valence-corrected chi connectivity index (χ2v) is 4.54. The quantitative estimate of drug-likeness (QED) is 0.901. The molecule has 104 valence electrons. The fraction of sp³-hybridized carbons (Fsp3) is 0.267. The maximum absolute atomic E-state index is 5.70. The Morgan fingerprint density at radius 3 is 2.70 bits per heavy atom. The molecule has 0 spiro atoms. The van der Waals surface area contributed by atoms with Crippen molar-refractivity contribution >= 4 is 0 Å². The van der Waals surface area contributed by atoms with Crippen LogP contribution < -0.4 is 15.2 Å². The lowest BCUT2D eigenvalue weighted by molar-refractivity contribution is 0.107. The summed E-state index contributed by atoms with van der Waals surface area (Å²) in [5, 5.41) is 0. The molecule has 0 radical (unpaired) electrons. The molecular formula is C15H16N2O3. The van der Waals surface area contributed by atoms with E-state index < -0.39 is 0 Å². The highest BCUT2D eigenvalue weighted by Crippen LogP contribution is 2.32. The Labute approximate surface area is 117 Å². The van der Waals surface area contributed by atoms with Crippen molar-refractivity contribution in [2.75, 3.05) is 6.79 Å². The van der Waals surface area contributed by atoms with E-state index >= 15 is 0 Å². The monoisotopic (exact) mass is 272 g/mol. The smallest absolute Gasteiger partial charge is 0.231 e. The highest BCUT2D eigenvalue weighted by molar-refractivity contribution is 5.44. The molecule has 5 heteroatoms. The van der Waals surface area contributed by atoms with Gasteiger partial charge in [0.1, 0.15) is 0 Å². The first-order valence-corrected chi connectivity index (χ1v) is 6.45. The Morgan fingerprint density at radius 1 is 1.05 bits per heavy atom. The summed E-state index contributed by atoms with van der Waals surface area (Å²) in [7, 11) is 0. The number of fused-ring (bicyclic) bond motifs is 1. The van der Waals surface area contributed by atoms with Gasteiger partial charge < -0.3 is 19.9 Å². The molecule has 1 aromatic carbocycles. The topological polar surface area (TPSA) is 66.6 Å². The van der Waals surface area contributed by atoms with Crippen LogP contribution in [0.1, 0.15) is 16.8 Å². The van der Waals surface area contributed by atoms with Gasteiger partial charge in [0.25, 0.3) is 0 Å². The van der Waals surface area contributed by atoms with Crippen LogP contribution in [0, 0.1) is 0 Å². The molecule has 20 heavy (non-hydrogen) atoms. The first-order chi connectivity index (χ1) is 9.85. The zero-order valence-corrected chi connectivity index (χ0v) is 11.0. The molecular weight excluding hydrogens is 256 g/mol. The van der Waals surface area contributed by atoms with Gasteiger partial charge in [0, 0.05) is 12.7 Å². The molecule has 1 aliphatic rings. The van der Waals surface area contributed by atoms with Crippen molar-refractivity contribution in [2.45, 2.75) is 19.8 Å². The lowest BCUT2D eigenvalue weighted by Crippen LogP contribution is -2.01. The average Bonchev–Trinajstić information content (AvgIpc) is 2.95. The molecule has 5 nitrogen and oxygen atoms in total. The summed E-state index contributed by atoms with van der Waals surface area (Å²) in [6.45, 7) is 1.79. The minimum atomic E-state index is 0.290. The van der Waals surface area contributed by atoms with Gasteiger partial charge in [-0.1, -0.05) is 6.07 Å². The Bertz CT molecular complexity index is 601. The maximum atomic E-state index is 5.70. The van der Waals surface area contributed by atoms with E-state index in [1.54, 1.807) is 6.20 Å². The SMILES string of the molecule is NCc1cc(COCc2ccc3c(c2)OCO3)ccn1. The summed E-state index contributed by atoms with van der Waals surface area (Å²) in [6.07, 6.45) is 1.75. The number of hydrogen-bond donors (Lipinski definition) is 1. The number of aromatic nitrogens is 1. The number of benzene rings is 1. The van der Waals surface area contributed by atoms with Crippen molar-refractivity contribution in [3.63, 3.8) is 0 Å². The third-order valence-corrected chi connectivity index (χ3v) is 3.06. The molecule has 0 saturated carbocycles. The summed E-state index contributed by atoms with van der Waals surface area (Å²) in [5.41, 5.74) is 8.56. The van der Waals surface area contributed by atoms with E-state index in [1.165, 1.54) is 0 Å². The van der Waals surface area contributed by atoms with E-state index in [2.05, 4.69) is 4.98 Å². The van der Waals surface area contributed by atoms with Crippen LogP contribution in [0.25, 0.3) is 0 Å². The van der Waals surface area contributed by atoms with Crippen LogP contribution in [-0.2, 0) is 24.5 Å². The maximum Gasteiger partial charge on any atom is 0.231 e. The fourth-order valence-corrected chi connectivity index (χ4v) is 2.05. The summed E-state index contributed by atoms with van der Waals surface area (Å²) >= 11 is 0. The molecule has 0 amide bonds. The zero-order valence-electron chi connectivity index (χ0n) is 11.0. The summed E-state index contributed by atoms with van der Waals surface area (Å²) in [4.78, 5) is 4.15. The van der Waals surface area contributed by atoms with Gasteiger partial charge in [0.2, 0.25) is 6.79 Å². The zero-order chi connectivity index (χ0) is 13.8. The van der Waals surface area contributed by atoms with Gasteiger partial charge in [0.15, 0.2) is 11.5 Å². The first-order valence-electron chi connectivity index (χ1n) is 6.45. The Morgan fingerprint density at radius 2 is 1.85 bits per heavy atom. The Kier molecular flexibility index (Phi) is 3.80. The van der Waals surface area contributed by atoms with Crippen LogP contribution in [0.3, 0.4) is 0 Å². The molecule has 1 aromatic heterocycles.